The summed E-state index contributed by atoms with van der Waals surface area (Å²) in [4.78, 5) is 0. The summed E-state index contributed by atoms with van der Waals surface area (Å²) in [5.74, 6) is 0. The molecular formula is C14H17N5O. The maximum absolute atomic E-state index is 5.04. The molecule has 3 heterocycles. The van der Waals surface area contributed by atoms with E-state index in [4.69, 9.17) is 4.42 Å². The Bertz CT molecular complexity index is 687. The molecule has 3 aromatic heterocycles. The van der Waals surface area contributed by atoms with Gasteiger partial charge in [0.05, 0.1) is 25.3 Å². The molecule has 0 bridgehead atoms. The van der Waals surface area contributed by atoms with Gasteiger partial charge in [-0.3, -0.25) is 5.10 Å². The van der Waals surface area contributed by atoms with E-state index < -0.39 is 0 Å². The fourth-order valence-electron chi connectivity index (χ4n) is 1.90. The van der Waals surface area contributed by atoms with Crippen LogP contribution in [0.2, 0.25) is 0 Å². The standard InChI is InChI=1S/C14H17N5O/c1-14(2,3)13-6-11(15-17-13)12-8-19(18-16-12)7-10-4-5-20-9-10/h4-6,8-9H,7H2,1-3H3,(H,15,17). The van der Waals surface area contributed by atoms with E-state index in [0.717, 1.165) is 22.6 Å². The van der Waals surface area contributed by atoms with Gasteiger partial charge in [-0.15, -0.1) is 5.10 Å². The Labute approximate surface area is 116 Å². The first kappa shape index (κ1) is 12.7. The summed E-state index contributed by atoms with van der Waals surface area (Å²) in [5.41, 5.74) is 3.75. The van der Waals surface area contributed by atoms with E-state index in [1.54, 1.807) is 17.2 Å². The van der Waals surface area contributed by atoms with Crippen molar-refractivity contribution in [2.24, 2.45) is 0 Å². The molecule has 0 aromatic carbocycles. The van der Waals surface area contributed by atoms with Crippen molar-refractivity contribution in [2.75, 3.05) is 0 Å². The van der Waals surface area contributed by atoms with Gasteiger partial charge < -0.3 is 4.42 Å². The van der Waals surface area contributed by atoms with Crippen molar-refractivity contribution in [1.82, 2.24) is 25.2 Å². The van der Waals surface area contributed by atoms with Crippen LogP contribution >= 0.6 is 0 Å². The molecular weight excluding hydrogens is 254 g/mol. The van der Waals surface area contributed by atoms with Crippen LogP contribution in [0.15, 0.2) is 35.3 Å². The molecule has 20 heavy (non-hydrogen) atoms. The Balaban J connectivity index is 1.81. The number of aromatic nitrogens is 5. The molecule has 0 aliphatic carbocycles. The summed E-state index contributed by atoms with van der Waals surface area (Å²) in [6, 6.07) is 3.93. The van der Waals surface area contributed by atoms with Crippen LogP contribution in [0, 0.1) is 0 Å². The van der Waals surface area contributed by atoms with Crippen LogP contribution in [0.5, 0.6) is 0 Å². The number of H-pyrrole nitrogens is 1. The molecule has 3 aromatic rings. The second-order valence-corrected chi connectivity index (χ2v) is 5.85. The van der Waals surface area contributed by atoms with E-state index in [2.05, 4.69) is 41.3 Å². The zero-order chi connectivity index (χ0) is 14.2. The van der Waals surface area contributed by atoms with E-state index in [0.29, 0.717) is 6.54 Å². The minimum Gasteiger partial charge on any atom is -0.472 e. The normalized spacial score (nSPS) is 11.9. The molecule has 6 heteroatoms. The lowest BCUT2D eigenvalue weighted by Crippen LogP contribution is -2.11. The quantitative estimate of drug-likeness (QED) is 0.794. The Kier molecular flexibility index (Phi) is 2.93. The first-order valence-electron chi connectivity index (χ1n) is 6.50. The fraction of sp³-hybridized carbons (Fsp3) is 0.357. The topological polar surface area (TPSA) is 72.5 Å². The number of hydrogen-bond donors (Lipinski definition) is 1. The van der Waals surface area contributed by atoms with Gasteiger partial charge in [0, 0.05) is 16.7 Å². The highest BCUT2D eigenvalue weighted by Gasteiger charge is 2.18. The van der Waals surface area contributed by atoms with E-state index in [-0.39, 0.29) is 5.41 Å². The van der Waals surface area contributed by atoms with E-state index >= 15 is 0 Å². The second kappa shape index (κ2) is 4.63. The van der Waals surface area contributed by atoms with Gasteiger partial charge in [-0.25, -0.2) is 4.68 Å². The van der Waals surface area contributed by atoms with Gasteiger partial charge in [0.25, 0.3) is 0 Å². The summed E-state index contributed by atoms with van der Waals surface area (Å²) < 4.78 is 6.81. The Morgan fingerprint density at radius 2 is 2.15 bits per heavy atom. The number of furan rings is 1. The van der Waals surface area contributed by atoms with E-state index in [1.165, 1.54) is 0 Å². The van der Waals surface area contributed by atoms with Gasteiger partial charge in [-0.05, 0) is 12.1 Å². The summed E-state index contributed by atoms with van der Waals surface area (Å²) in [6.07, 6.45) is 5.24. The molecule has 0 radical (unpaired) electrons. The molecule has 0 unspecified atom stereocenters. The maximum atomic E-state index is 5.04. The highest BCUT2D eigenvalue weighted by molar-refractivity contribution is 5.52. The average Bonchev–Trinajstić information content (AvgIpc) is 3.08. The summed E-state index contributed by atoms with van der Waals surface area (Å²) in [6.45, 7) is 7.06. The molecule has 0 amide bonds. The van der Waals surface area contributed by atoms with Crippen LogP contribution in [0.3, 0.4) is 0 Å². The third-order valence-electron chi connectivity index (χ3n) is 3.11. The third-order valence-corrected chi connectivity index (χ3v) is 3.11. The monoisotopic (exact) mass is 271 g/mol. The van der Waals surface area contributed by atoms with Gasteiger partial charge in [0.1, 0.15) is 11.4 Å². The predicted molar refractivity (Wildman–Crippen MR) is 74.1 cm³/mol. The highest BCUT2D eigenvalue weighted by Crippen LogP contribution is 2.24. The van der Waals surface area contributed by atoms with Crippen LogP contribution in [0.25, 0.3) is 11.4 Å². The van der Waals surface area contributed by atoms with Gasteiger partial charge in [0.2, 0.25) is 0 Å². The van der Waals surface area contributed by atoms with Crippen molar-refractivity contribution in [3.8, 4) is 11.4 Å². The van der Waals surface area contributed by atoms with Crippen molar-refractivity contribution in [2.45, 2.75) is 32.7 Å². The number of nitrogens with zero attached hydrogens (tertiary/aromatic N) is 4. The van der Waals surface area contributed by atoms with Crippen LogP contribution in [0.1, 0.15) is 32.0 Å². The minimum atomic E-state index is 0.0397. The number of aromatic amines is 1. The van der Waals surface area contributed by atoms with E-state index in [1.807, 2.05) is 18.3 Å². The van der Waals surface area contributed by atoms with Crippen molar-refractivity contribution < 1.29 is 4.42 Å². The SMILES string of the molecule is CC(C)(C)c1cc(-c2cn(Cc3ccoc3)nn2)n[nH]1. The molecule has 3 rings (SSSR count). The molecule has 0 aliphatic rings. The maximum Gasteiger partial charge on any atom is 0.133 e. The smallest absolute Gasteiger partial charge is 0.133 e. The molecule has 0 aliphatic heterocycles. The van der Waals surface area contributed by atoms with Crippen molar-refractivity contribution in [3.05, 3.63) is 42.1 Å². The second-order valence-electron chi connectivity index (χ2n) is 5.85. The van der Waals surface area contributed by atoms with Gasteiger partial charge in [-0.2, -0.15) is 5.10 Å². The van der Waals surface area contributed by atoms with E-state index in [9.17, 15) is 0 Å². The zero-order valence-corrected chi connectivity index (χ0v) is 11.8. The minimum absolute atomic E-state index is 0.0397. The number of hydrogen-bond acceptors (Lipinski definition) is 4. The lowest BCUT2D eigenvalue weighted by molar-refractivity contribution is 0.558. The Hall–Kier alpha value is -2.37. The third kappa shape index (κ3) is 2.49. The van der Waals surface area contributed by atoms with Crippen molar-refractivity contribution in [3.63, 3.8) is 0 Å². The van der Waals surface area contributed by atoms with Crippen LogP contribution in [-0.2, 0) is 12.0 Å². The summed E-state index contributed by atoms with van der Waals surface area (Å²) >= 11 is 0. The molecule has 0 spiro atoms. The predicted octanol–water partition coefficient (Wildman–Crippen LogP) is 2.61. The van der Waals surface area contributed by atoms with Crippen molar-refractivity contribution in [1.29, 1.82) is 0 Å². The van der Waals surface area contributed by atoms with Gasteiger partial charge >= 0.3 is 0 Å². The van der Waals surface area contributed by atoms with Crippen LogP contribution < -0.4 is 0 Å². The molecule has 6 nitrogen and oxygen atoms in total. The molecule has 104 valence electrons. The van der Waals surface area contributed by atoms with Crippen LogP contribution in [-0.4, -0.2) is 25.2 Å². The molecule has 0 atom stereocenters. The molecule has 1 N–H and O–H groups in total. The van der Waals surface area contributed by atoms with Gasteiger partial charge in [0.15, 0.2) is 0 Å². The average molecular weight is 271 g/mol. The molecule has 0 fully saturated rings. The summed E-state index contributed by atoms with van der Waals surface area (Å²) in [5, 5.41) is 15.6. The molecule has 0 saturated heterocycles. The summed E-state index contributed by atoms with van der Waals surface area (Å²) in [7, 11) is 0. The lowest BCUT2D eigenvalue weighted by Gasteiger charge is -2.14. The van der Waals surface area contributed by atoms with Gasteiger partial charge in [-0.1, -0.05) is 26.0 Å². The molecule has 0 saturated carbocycles. The zero-order valence-electron chi connectivity index (χ0n) is 11.8. The van der Waals surface area contributed by atoms with Crippen molar-refractivity contribution >= 4 is 0 Å². The highest BCUT2D eigenvalue weighted by atomic mass is 16.3. The lowest BCUT2D eigenvalue weighted by atomic mass is 9.92. The first-order valence-corrected chi connectivity index (χ1v) is 6.50. The van der Waals surface area contributed by atoms with Crippen LogP contribution in [0.4, 0.5) is 0 Å². The number of nitrogens with one attached hydrogen (secondary N) is 1. The Morgan fingerprint density at radius 3 is 2.80 bits per heavy atom. The number of rotatable bonds is 3. The first-order chi connectivity index (χ1) is 9.52. The largest absolute Gasteiger partial charge is 0.472 e. The fourth-order valence-corrected chi connectivity index (χ4v) is 1.90. The Morgan fingerprint density at radius 1 is 1.30 bits per heavy atom.